The molecule has 0 aromatic heterocycles. The summed E-state index contributed by atoms with van der Waals surface area (Å²) in [6, 6.07) is 11.4. The summed E-state index contributed by atoms with van der Waals surface area (Å²) >= 11 is 0. The maximum Gasteiger partial charge on any atom is 0.224 e. The van der Waals surface area contributed by atoms with Crippen molar-refractivity contribution < 1.29 is 14.0 Å². The van der Waals surface area contributed by atoms with E-state index >= 15 is 0 Å². The molecule has 4 heteroatoms. The van der Waals surface area contributed by atoms with Crippen LogP contribution in [0.3, 0.4) is 0 Å². The summed E-state index contributed by atoms with van der Waals surface area (Å²) in [5, 5.41) is 2.81. The van der Waals surface area contributed by atoms with E-state index in [0.717, 1.165) is 11.1 Å². The molecule has 3 nitrogen and oxygen atoms in total. The molecule has 0 aliphatic carbocycles. The van der Waals surface area contributed by atoms with Crippen LogP contribution in [0, 0.1) is 12.7 Å². The molecule has 2 aromatic rings. The summed E-state index contributed by atoms with van der Waals surface area (Å²) in [6.07, 6.45) is 0.724. The smallest absolute Gasteiger partial charge is 0.224 e. The molecular formula is C18H18FNO2. The molecule has 0 bridgehead atoms. The number of amides is 1. The van der Waals surface area contributed by atoms with E-state index in [2.05, 4.69) is 5.32 Å². The predicted molar refractivity (Wildman–Crippen MR) is 84.5 cm³/mol. The molecule has 114 valence electrons. The second-order valence-corrected chi connectivity index (χ2v) is 5.26. The van der Waals surface area contributed by atoms with Gasteiger partial charge in [-0.05, 0) is 49.6 Å². The van der Waals surface area contributed by atoms with Gasteiger partial charge < -0.3 is 5.32 Å². The van der Waals surface area contributed by atoms with Crippen LogP contribution < -0.4 is 5.32 Å². The van der Waals surface area contributed by atoms with Gasteiger partial charge in [-0.1, -0.05) is 24.3 Å². The van der Waals surface area contributed by atoms with Crippen LogP contribution in [0.4, 0.5) is 10.1 Å². The number of halogens is 1. The molecule has 0 aliphatic heterocycles. The molecule has 0 saturated heterocycles. The molecule has 0 radical (unpaired) electrons. The quantitative estimate of drug-likeness (QED) is 0.851. The van der Waals surface area contributed by atoms with Crippen molar-refractivity contribution in [1.82, 2.24) is 0 Å². The first-order valence-corrected chi connectivity index (χ1v) is 7.11. The highest BCUT2D eigenvalue weighted by Crippen LogP contribution is 2.18. The number of nitrogens with one attached hydrogen (secondary N) is 1. The standard InChI is InChI=1S/C18H18FNO2/c1-12-6-8-15(13(2)21)11-17(12)20-18(22)9-7-14-4-3-5-16(19)10-14/h3-6,8,10-11H,7,9H2,1-2H3,(H,20,22). The number of hydrogen-bond donors (Lipinski definition) is 1. The van der Waals surface area contributed by atoms with Crippen molar-refractivity contribution in [3.05, 3.63) is 65.0 Å². The number of carbonyl (C=O) groups excluding carboxylic acids is 2. The molecule has 0 unspecified atom stereocenters. The number of Topliss-reactive ketones (excluding diaryl/α,β-unsaturated/α-hetero) is 1. The minimum Gasteiger partial charge on any atom is -0.326 e. The molecule has 2 aromatic carbocycles. The monoisotopic (exact) mass is 299 g/mol. The van der Waals surface area contributed by atoms with Gasteiger partial charge in [-0.2, -0.15) is 0 Å². The average molecular weight is 299 g/mol. The normalized spacial score (nSPS) is 10.3. The predicted octanol–water partition coefficient (Wildman–Crippen LogP) is 3.91. The Kier molecular flexibility index (Phi) is 5.04. The van der Waals surface area contributed by atoms with E-state index in [0.29, 0.717) is 17.7 Å². The van der Waals surface area contributed by atoms with Crippen molar-refractivity contribution in [2.75, 3.05) is 5.32 Å². The van der Waals surface area contributed by atoms with Crippen LogP contribution in [-0.4, -0.2) is 11.7 Å². The van der Waals surface area contributed by atoms with Gasteiger partial charge in [0.05, 0.1) is 0 Å². The van der Waals surface area contributed by atoms with Crippen molar-refractivity contribution in [3.8, 4) is 0 Å². The summed E-state index contributed by atoms with van der Waals surface area (Å²) in [5.74, 6) is -0.508. The Labute approximate surface area is 129 Å². The van der Waals surface area contributed by atoms with E-state index in [1.807, 2.05) is 6.92 Å². The van der Waals surface area contributed by atoms with Crippen LogP contribution in [0.1, 0.15) is 34.8 Å². The van der Waals surface area contributed by atoms with E-state index in [4.69, 9.17) is 0 Å². The van der Waals surface area contributed by atoms with E-state index in [9.17, 15) is 14.0 Å². The van der Waals surface area contributed by atoms with Gasteiger partial charge in [0.1, 0.15) is 5.82 Å². The van der Waals surface area contributed by atoms with Gasteiger partial charge >= 0.3 is 0 Å². The Morgan fingerprint density at radius 2 is 1.91 bits per heavy atom. The molecular weight excluding hydrogens is 281 g/mol. The van der Waals surface area contributed by atoms with E-state index in [-0.39, 0.29) is 23.9 Å². The number of rotatable bonds is 5. The van der Waals surface area contributed by atoms with Crippen molar-refractivity contribution in [3.63, 3.8) is 0 Å². The lowest BCUT2D eigenvalue weighted by molar-refractivity contribution is -0.116. The molecule has 0 spiro atoms. The van der Waals surface area contributed by atoms with Gasteiger partial charge in [0, 0.05) is 17.7 Å². The number of carbonyl (C=O) groups is 2. The molecule has 0 saturated carbocycles. The molecule has 0 aliphatic rings. The summed E-state index contributed by atoms with van der Waals surface area (Å²) in [7, 11) is 0. The highest BCUT2D eigenvalue weighted by molar-refractivity contribution is 5.97. The Balaban J connectivity index is 2.00. The third kappa shape index (κ3) is 4.25. The van der Waals surface area contributed by atoms with E-state index < -0.39 is 0 Å². The maximum absolute atomic E-state index is 13.1. The largest absolute Gasteiger partial charge is 0.326 e. The number of aryl methyl sites for hydroxylation is 2. The fourth-order valence-corrected chi connectivity index (χ4v) is 2.14. The maximum atomic E-state index is 13.1. The third-order valence-electron chi connectivity index (χ3n) is 3.45. The zero-order chi connectivity index (χ0) is 16.1. The zero-order valence-corrected chi connectivity index (χ0v) is 12.7. The lowest BCUT2D eigenvalue weighted by Crippen LogP contribution is -2.13. The highest BCUT2D eigenvalue weighted by Gasteiger charge is 2.08. The van der Waals surface area contributed by atoms with Gasteiger partial charge in [-0.3, -0.25) is 9.59 Å². The first-order valence-electron chi connectivity index (χ1n) is 7.11. The van der Waals surface area contributed by atoms with Crippen LogP contribution in [0.15, 0.2) is 42.5 Å². The number of hydrogen-bond acceptors (Lipinski definition) is 2. The molecule has 2 rings (SSSR count). The van der Waals surface area contributed by atoms with Gasteiger partial charge in [-0.15, -0.1) is 0 Å². The van der Waals surface area contributed by atoms with Crippen molar-refractivity contribution >= 4 is 17.4 Å². The fraction of sp³-hybridized carbons (Fsp3) is 0.222. The van der Waals surface area contributed by atoms with Gasteiger partial charge in [-0.25, -0.2) is 4.39 Å². The van der Waals surface area contributed by atoms with Crippen LogP contribution in [0.25, 0.3) is 0 Å². The number of benzene rings is 2. The molecule has 0 fully saturated rings. The second-order valence-electron chi connectivity index (χ2n) is 5.26. The Bertz CT molecular complexity index is 710. The van der Waals surface area contributed by atoms with Crippen LogP contribution in [0.2, 0.25) is 0 Å². The van der Waals surface area contributed by atoms with Gasteiger partial charge in [0.15, 0.2) is 5.78 Å². The first-order chi connectivity index (χ1) is 10.5. The topological polar surface area (TPSA) is 46.2 Å². The average Bonchev–Trinajstić information content (AvgIpc) is 2.47. The Hall–Kier alpha value is -2.49. The summed E-state index contributed by atoms with van der Waals surface area (Å²) < 4.78 is 13.1. The Morgan fingerprint density at radius 3 is 2.59 bits per heavy atom. The minimum absolute atomic E-state index is 0.0461. The van der Waals surface area contributed by atoms with Gasteiger partial charge in [0.25, 0.3) is 0 Å². The minimum atomic E-state index is -0.303. The third-order valence-corrected chi connectivity index (χ3v) is 3.45. The summed E-state index contributed by atoms with van der Waals surface area (Å²) in [6.45, 7) is 3.35. The number of ketones is 1. The van der Waals surface area contributed by atoms with E-state index in [1.54, 1.807) is 30.3 Å². The van der Waals surface area contributed by atoms with Crippen LogP contribution >= 0.6 is 0 Å². The number of anilines is 1. The molecule has 22 heavy (non-hydrogen) atoms. The summed E-state index contributed by atoms with van der Waals surface area (Å²) in [5.41, 5.74) is 2.87. The van der Waals surface area contributed by atoms with Gasteiger partial charge in [0.2, 0.25) is 5.91 Å². The molecule has 0 heterocycles. The highest BCUT2D eigenvalue weighted by atomic mass is 19.1. The molecule has 1 amide bonds. The fourth-order valence-electron chi connectivity index (χ4n) is 2.14. The first kappa shape index (κ1) is 15.9. The lowest BCUT2D eigenvalue weighted by Gasteiger charge is -2.10. The van der Waals surface area contributed by atoms with Crippen LogP contribution in [0.5, 0.6) is 0 Å². The SMILES string of the molecule is CC(=O)c1ccc(C)c(NC(=O)CCc2cccc(F)c2)c1. The lowest BCUT2D eigenvalue weighted by atomic mass is 10.1. The Morgan fingerprint density at radius 1 is 1.14 bits per heavy atom. The molecule has 0 atom stereocenters. The van der Waals surface area contributed by atoms with E-state index in [1.165, 1.54) is 19.1 Å². The van der Waals surface area contributed by atoms with Crippen LogP contribution in [-0.2, 0) is 11.2 Å². The zero-order valence-electron chi connectivity index (χ0n) is 12.7. The van der Waals surface area contributed by atoms with Crippen molar-refractivity contribution in [2.24, 2.45) is 0 Å². The molecule has 1 N–H and O–H groups in total. The van der Waals surface area contributed by atoms with Crippen molar-refractivity contribution in [2.45, 2.75) is 26.7 Å². The van der Waals surface area contributed by atoms with Crippen molar-refractivity contribution in [1.29, 1.82) is 0 Å². The summed E-state index contributed by atoms with van der Waals surface area (Å²) in [4.78, 5) is 23.4. The second kappa shape index (κ2) is 6.98.